The van der Waals surface area contributed by atoms with E-state index in [2.05, 4.69) is 5.32 Å². The highest BCUT2D eigenvalue weighted by atomic mass is 32.2. The Bertz CT molecular complexity index is 543. The van der Waals surface area contributed by atoms with Gasteiger partial charge in [-0.15, -0.1) is 0 Å². The lowest BCUT2D eigenvalue weighted by atomic mass is 10.1. The van der Waals surface area contributed by atoms with Gasteiger partial charge in [0.25, 0.3) is 0 Å². The van der Waals surface area contributed by atoms with Gasteiger partial charge in [0.15, 0.2) is 0 Å². The van der Waals surface area contributed by atoms with E-state index >= 15 is 0 Å². The topological polar surface area (TPSA) is 83.5 Å². The third-order valence-corrected chi connectivity index (χ3v) is 5.13. The Morgan fingerprint density at radius 3 is 2.84 bits per heavy atom. The predicted octanol–water partition coefficient (Wildman–Crippen LogP) is 1.16. The number of carboxylic acid groups (broad SMARTS) is 1. The van der Waals surface area contributed by atoms with Crippen LogP contribution in [0.5, 0.6) is 0 Å². The summed E-state index contributed by atoms with van der Waals surface area (Å²) in [6, 6.07) is 7.39. The maximum atomic E-state index is 12.1. The van der Waals surface area contributed by atoms with Gasteiger partial charge in [-0.1, -0.05) is 18.2 Å². The fourth-order valence-electron chi connectivity index (χ4n) is 2.06. The first-order valence-electron chi connectivity index (χ1n) is 6.01. The van der Waals surface area contributed by atoms with Crippen LogP contribution in [0, 0.1) is 0 Å². The van der Waals surface area contributed by atoms with E-state index in [4.69, 9.17) is 5.11 Å². The molecule has 1 aliphatic rings. The summed E-state index contributed by atoms with van der Waals surface area (Å²) >= 11 is 0. The highest BCUT2D eigenvalue weighted by Crippen LogP contribution is 2.24. The van der Waals surface area contributed by atoms with Crippen molar-refractivity contribution in [2.75, 3.05) is 5.32 Å². The SMILES string of the molecule is CC(C(=O)O)S(=O)C1CCc2ccccc2NC1=O. The lowest BCUT2D eigenvalue weighted by Gasteiger charge is -2.15. The second-order valence-electron chi connectivity index (χ2n) is 4.48. The van der Waals surface area contributed by atoms with Crippen molar-refractivity contribution < 1.29 is 18.9 Å². The predicted molar refractivity (Wildman–Crippen MR) is 72.4 cm³/mol. The van der Waals surface area contributed by atoms with Gasteiger partial charge in [-0.25, -0.2) is 0 Å². The van der Waals surface area contributed by atoms with E-state index in [0.29, 0.717) is 12.8 Å². The molecule has 0 aromatic heterocycles. The molecule has 2 rings (SSSR count). The van der Waals surface area contributed by atoms with Crippen LogP contribution < -0.4 is 5.32 Å². The smallest absolute Gasteiger partial charge is 0.319 e. The van der Waals surface area contributed by atoms with Gasteiger partial charge in [-0.05, 0) is 31.4 Å². The van der Waals surface area contributed by atoms with Gasteiger partial charge in [-0.3, -0.25) is 13.8 Å². The summed E-state index contributed by atoms with van der Waals surface area (Å²) in [6.45, 7) is 1.36. The van der Waals surface area contributed by atoms with Crippen LogP contribution in [-0.4, -0.2) is 31.7 Å². The van der Waals surface area contributed by atoms with Gasteiger partial charge in [-0.2, -0.15) is 0 Å². The molecular weight excluding hydrogens is 266 g/mol. The van der Waals surface area contributed by atoms with Crippen molar-refractivity contribution in [3.05, 3.63) is 29.8 Å². The van der Waals surface area contributed by atoms with Gasteiger partial charge in [0.1, 0.15) is 10.5 Å². The number of nitrogens with one attached hydrogen (secondary N) is 1. The summed E-state index contributed by atoms with van der Waals surface area (Å²) in [4.78, 5) is 22.9. The summed E-state index contributed by atoms with van der Waals surface area (Å²) in [7, 11) is -1.72. The highest BCUT2D eigenvalue weighted by molar-refractivity contribution is 7.87. The first kappa shape index (κ1) is 13.7. The molecule has 1 heterocycles. The first-order chi connectivity index (χ1) is 9.00. The summed E-state index contributed by atoms with van der Waals surface area (Å²) < 4.78 is 12.1. The number of carbonyl (C=O) groups is 2. The number of hydrogen-bond donors (Lipinski definition) is 2. The molecule has 3 atom stereocenters. The van der Waals surface area contributed by atoms with Crippen molar-refractivity contribution in [3.8, 4) is 0 Å². The maximum Gasteiger partial charge on any atom is 0.319 e. The molecule has 1 aliphatic heterocycles. The maximum absolute atomic E-state index is 12.1. The first-order valence-corrected chi connectivity index (χ1v) is 7.29. The Balaban J connectivity index is 2.21. The standard InChI is InChI=1S/C13H15NO4S/c1-8(13(16)17)19(18)11-7-6-9-4-2-3-5-10(9)14-12(11)15/h2-5,8,11H,6-7H2,1H3,(H,14,15)(H,16,17). The van der Waals surface area contributed by atoms with Crippen LogP contribution in [0.1, 0.15) is 18.9 Å². The zero-order chi connectivity index (χ0) is 14.0. The average molecular weight is 281 g/mol. The molecule has 6 heteroatoms. The second-order valence-corrected chi connectivity index (χ2v) is 6.42. The number of rotatable bonds is 3. The minimum atomic E-state index is -1.72. The molecule has 0 bridgehead atoms. The van der Waals surface area contributed by atoms with Crippen molar-refractivity contribution in [1.82, 2.24) is 0 Å². The largest absolute Gasteiger partial charge is 0.480 e. The van der Waals surface area contributed by atoms with E-state index in [1.165, 1.54) is 6.92 Å². The number of carbonyl (C=O) groups excluding carboxylic acids is 1. The van der Waals surface area contributed by atoms with Gasteiger partial charge in [0, 0.05) is 16.5 Å². The molecule has 0 aliphatic carbocycles. The van der Waals surface area contributed by atoms with Crippen LogP contribution in [-0.2, 0) is 26.8 Å². The number of carboxylic acids is 1. The van der Waals surface area contributed by atoms with Crippen LogP contribution in [0.4, 0.5) is 5.69 Å². The molecule has 0 saturated heterocycles. The van der Waals surface area contributed by atoms with Crippen LogP contribution in [0.15, 0.2) is 24.3 Å². The van der Waals surface area contributed by atoms with E-state index in [0.717, 1.165) is 11.3 Å². The van der Waals surface area contributed by atoms with Gasteiger partial charge < -0.3 is 10.4 Å². The molecule has 0 spiro atoms. The molecule has 2 N–H and O–H groups in total. The molecule has 5 nitrogen and oxygen atoms in total. The minimum absolute atomic E-state index is 0.364. The Hall–Kier alpha value is -1.69. The van der Waals surface area contributed by atoms with Crippen LogP contribution in [0.3, 0.4) is 0 Å². The lowest BCUT2D eigenvalue weighted by molar-refractivity contribution is -0.136. The van der Waals surface area contributed by atoms with Gasteiger partial charge >= 0.3 is 5.97 Å². The number of fused-ring (bicyclic) bond motifs is 1. The van der Waals surface area contributed by atoms with E-state index < -0.39 is 27.3 Å². The molecule has 3 unspecified atom stereocenters. The number of hydrogen-bond acceptors (Lipinski definition) is 3. The van der Waals surface area contributed by atoms with Crippen molar-refractivity contribution in [2.24, 2.45) is 0 Å². The third kappa shape index (κ3) is 2.84. The zero-order valence-corrected chi connectivity index (χ0v) is 11.3. The highest BCUT2D eigenvalue weighted by Gasteiger charge is 2.33. The Kier molecular flexibility index (Phi) is 3.99. The average Bonchev–Trinajstić information content (AvgIpc) is 2.55. The van der Waals surface area contributed by atoms with Crippen molar-refractivity contribution >= 4 is 28.4 Å². The number of benzene rings is 1. The minimum Gasteiger partial charge on any atom is -0.480 e. The van der Waals surface area contributed by atoms with Crippen LogP contribution >= 0.6 is 0 Å². The fourth-order valence-corrected chi connectivity index (χ4v) is 3.37. The number of aryl methyl sites for hydroxylation is 1. The van der Waals surface area contributed by atoms with Crippen molar-refractivity contribution in [1.29, 1.82) is 0 Å². The molecule has 1 aromatic carbocycles. The number of anilines is 1. The normalized spacial score (nSPS) is 21.7. The summed E-state index contributed by atoms with van der Waals surface area (Å²) in [5, 5.41) is 9.79. The Morgan fingerprint density at radius 1 is 1.47 bits per heavy atom. The number of amides is 1. The molecule has 0 radical (unpaired) electrons. The van der Waals surface area contributed by atoms with Gasteiger partial charge in [0.05, 0.1) is 0 Å². The Labute approximate surface area is 113 Å². The van der Waals surface area contributed by atoms with E-state index in [1.807, 2.05) is 18.2 Å². The van der Waals surface area contributed by atoms with E-state index in [-0.39, 0.29) is 5.91 Å². The molecule has 0 fully saturated rings. The molecule has 1 amide bonds. The fraction of sp³-hybridized carbons (Fsp3) is 0.385. The van der Waals surface area contributed by atoms with Gasteiger partial charge in [0.2, 0.25) is 5.91 Å². The third-order valence-electron chi connectivity index (χ3n) is 3.22. The summed E-state index contributed by atoms with van der Waals surface area (Å²) in [6.07, 6.45) is 1.00. The van der Waals surface area contributed by atoms with Crippen LogP contribution in [0.2, 0.25) is 0 Å². The molecule has 0 saturated carbocycles. The molecule has 102 valence electrons. The van der Waals surface area contributed by atoms with Crippen molar-refractivity contribution in [3.63, 3.8) is 0 Å². The number of aliphatic carboxylic acids is 1. The summed E-state index contributed by atoms with van der Waals surface area (Å²) in [5.41, 5.74) is 1.70. The van der Waals surface area contributed by atoms with Crippen LogP contribution in [0.25, 0.3) is 0 Å². The Morgan fingerprint density at radius 2 is 2.16 bits per heavy atom. The number of para-hydroxylation sites is 1. The monoisotopic (exact) mass is 281 g/mol. The lowest BCUT2D eigenvalue weighted by Crippen LogP contribution is -2.37. The summed E-state index contributed by atoms with van der Waals surface area (Å²) in [5.74, 6) is -1.51. The quantitative estimate of drug-likeness (QED) is 0.871. The van der Waals surface area contributed by atoms with E-state index in [9.17, 15) is 13.8 Å². The van der Waals surface area contributed by atoms with Crippen molar-refractivity contribution in [2.45, 2.75) is 30.3 Å². The molecular formula is C13H15NO4S. The molecule has 1 aromatic rings. The zero-order valence-electron chi connectivity index (χ0n) is 10.5. The molecule has 19 heavy (non-hydrogen) atoms. The second kappa shape index (κ2) is 5.52. The van der Waals surface area contributed by atoms with E-state index in [1.54, 1.807) is 6.07 Å².